The summed E-state index contributed by atoms with van der Waals surface area (Å²) < 4.78 is 12.4. The van der Waals surface area contributed by atoms with Crippen molar-refractivity contribution in [3.63, 3.8) is 0 Å². The summed E-state index contributed by atoms with van der Waals surface area (Å²) in [6.45, 7) is 5.70. The minimum absolute atomic E-state index is 0. The van der Waals surface area contributed by atoms with Crippen molar-refractivity contribution in [2.75, 3.05) is 38.2 Å². The average molecular weight is 205 g/mol. The van der Waals surface area contributed by atoms with E-state index in [2.05, 4.69) is 7.05 Å². The second kappa shape index (κ2) is 5.76. The Balaban J connectivity index is 0.00000144. The predicted octanol–water partition coefficient (Wildman–Crippen LogP) is 1.45. The summed E-state index contributed by atoms with van der Waals surface area (Å²) in [6, 6.07) is 0. The highest BCUT2D eigenvalue weighted by atomic mass is 32.2. The van der Waals surface area contributed by atoms with E-state index in [9.17, 15) is 4.21 Å². The largest absolute Gasteiger partial charge is 0.358 e. The molecule has 3 heteroatoms. The number of hydrogen-bond donors (Lipinski definition) is 0. The van der Waals surface area contributed by atoms with Crippen molar-refractivity contribution in [2.24, 2.45) is 0 Å². The molecule has 0 aliphatic carbocycles. The molecular formula is C10H23NOS. The molecule has 1 unspecified atom stereocenters. The maximum absolute atomic E-state index is 11.2. The fourth-order valence-corrected chi connectivity index (χ4v) is 2.72. The van der Waals surface area contributed by atoms with Gasteiger partial charge in [-0.25, -0.2) is 0 Å². The Labute approximate surface area is 85.4 Å². The van der Waals surface area contributed by atoms with Gasteiger partial charge < -0.3 is 11.9 Å². The molecule has 0 radical (unpaired) electrons. The van der Waals surface area contributed by atoms with Gasteiger partial charge in [0.05, 0.1) is 32.4 Å². The smallest absolute Gasteiger partial charge is 0.0901 e. The highest BCUT2D eigenvalue weighted by Crippen LogP contribution is 2.15. The fraction of sp³-hybridized carbons (Fsp3) is 0.900. The van der Waals surface area contributed by atoms with Crippen LogP contribution in [0, 0.1) is 7.43 Å². The van der Waals surface area contributed by atoms with Crippen LogP contribution in [0.3, 0.4) is 0 Å². The van der Waals surface area contributed by atoms with E-state index in [0.29, 0.717) is 0 Å². The lowest BCUT2D eigenvalue weighted by Crippen LogP contribution is -2.43. The lowest BCUT2D eigenvalue weighted by atomic mass is 10.4. The standard InChI is InChI=1S/C9H20NOS.CH3/c1-3-12(11)9-8-10(2)6-4-5-7-10;/h3-9H2,1-2H3;1H3/q+1;-1. The summed E-state index contributed by atoms with van der Waals surface area (Å²) in [4.78, 5) is 0. The van der Waals surface area contributed by atoms with Crippen LogP contribution in [0.15, 0.2) is 0 Å². The van der Waals surface area contributed by atoms with Crippen molar-refractivity contribution in [1.82, 2.24) is 0 Å². The number of rotatable bonds is 4. The molecule has 1 atom stereocenters. The fourth-order valence-electron chi connectivity index (χ4n) is 1.79. The molecule has 1 fully saturated rings. The first-order valence-electron chi connectivity index (χ1n) is 4.85. The summed E-state index contributed by atoms with van der Waals surface area (Å²) in [6.07, 6.45) is 2.71. The molecule has 0 N–H and O–H groups in total. The Morgan fingerprint density at radius 3 is 2.31 bits per heavy atom. The number of likely N-dealkylation sites (tertiary alicyclic amines) is 1. The van der Waals surface area contributed by atoms with Crippen LogP contribution in [0.4, 0.5) is 0 Å². The Morgan fingerprint density at radius 2 is 1.85 bits per heavy atom. The second-order valence-electron chi connectivity index (χ2n) is 3.93. The normalized spacial score (nSPS) is 22.3. The SMILES string of the molecule is CCS(=O)CC[N+]1(C)CCCC1.[CH3-]. The molecule has 0 bridgehead atoms. The molecule has 0 amide bonds. The van der Waals surface area contributed by atoms with Crippen molar-refractivity contribution in [3.05, 3.63) is 7.43 Å². The molecule has 13 heavy (non-hydrogen) atoms. The second-order valence-corrected chi connectivity index (χ2v) is 5.80. The molecule has 0 saturated carbocycles. The molecule has 0 spiro atoms. The van der Waals surface area contributed by atoms with E-state index in [1.54, 1.807) is 0 Å². The predicted molar refractivity (Wildman–Crippen MR) is 60.0 cm³/mol. The molecule has 1 saturated heterocycles. The van der Waals surface area contributed by atoms with E-state index < -0.39 is 10.8 Å². The van der Waals surface area contributed by atoms with Gasteiger partial charge in [0.15, 0.2) is 0 Å². The van der Waals surface area contributed by atoms with E-state index in [1.807, 2.05) is 6.92 Å². The summed E-state index contributed by atoms with van der Waals surface area (Å²) in [7, 11) is 1.73. The van der Waals surface area contributed by atoms with Crippen LogP contribution >= 0.6 is 0 Å². The van der Waals surface area contributed by atoms with Crippen molar-refractivity contribution in [3.8, 4) is 0 Å². The highest BCUT2D eigenvalue weighted by molar-refractivity contribution is 7.84. The van der Waals surface area contributed by atoms with Gasteiger partial charge in [-0.05, 0) is 0 Å². The molecule has 80 valence electrons. The zero-order chi connectivity index (χ0) is 9.03. The minimum Gasteiger partial charge on any atom is -0.358 e. The van der Waals surface area contributed by atoms with Gasteiger partial charge >= 0.3 is 0 Å². The monoisotopic (exact) mass is 205 g/mol. The molecule has 2 nitrogen and oxygen atoms in total. The molecule has 1 heterocycles. The van der Waals surface area contributed by atoms with Gasteiger partial charge in [0.2, 0.25) is 0 Å². The molecule has 0 aromatic carbocycles. The van der Waals surface area contributed by atoms with Gasteiger partial charge in [-0.3, -0.25) is 4.21 Å². The highest BCUT2D eigenvalue weighted by Gasteiger charge is 2.26. The number of nitrogens with zero attached hydrogens (tertiary/aromatic N) is 1. The first-order chi connectivity index (χ1) is 5.66. The van der Waals surface area contributed by atoms with E-state index in [1.165, 1.54) is 25.9 Å². The summed E-state index contributed by atoms with van der Waals surface area (Å²) >= 11 is 0. The Hall–Kier alpha value is 0.110. The lowest BCUT2D eigenvalue weighted by Gasteiger charge is -2.28. The molecular weight excluding hydrogens is 182 g/mol. The average Bonchev–Trinajstić information content (AvgIpc) is 2.49. The van der Waals surface area contributed by atoms with Crippen LogP contribution in [-0.2, 0) is 10.8 Å². The zero-order valence-electron chi connectivity index (χ0n) is 9.21. The summed E-state index contributed by atoms with van der Waals surface area (Å²) in [5.74, 6) is 1.72. The lowest BCUT2D eigenvalue weighted by molar-refractivity contribution is -0.895. The van der Waals surface area contributed by atoms with Crippen LogP contribution in [0.1, 0.15) is 19.8 Å². The van der Waals surface area contributed by atoms with Gasteiger partial charge in [0, 0.05) is 29.4 Å². The van der Waals surface area contributed by atoms with Crippen LogP contribution in [0.5, 0.6) is 0 Å². The minimum atomic E-state index is -0.565. The number of quaternary nitrogens is 1. The van der Waals surface area contributed by atoms with Crippen molar-refractivity contribution in [2.45, 2.75) is 19.8 Å². The molecule has 0 aromatic heterocycles. The van der Waals surface area contributed by atoms with Crippen molar-refractivity contribution in [1.29, 1.82) is 0 Å². The Bertz CT molecular complexity index is 164. The summed E-state index contributed by atoms with van der Waals surface area (Å²) in [5, 5.41) is 0. The zero-order valence-corrected chi connectivity index (χ0v) is 10.0. The topological polar surface area (TPSA) is 17.1 Å². The molecule has 1 rings (SSSR count). The van der Waals surface area contributed by atoms with Crippen LogP contribution in [0.2, 0.25) is 0 Å². The third-order valence-corrected chi connectivity index (χ3v) is 4.11. The molecule has 1 aliphatic heterocycles. The first-order valence-corrected chi connectivity index (χ1v) is 6.34. The van der Waals surface area contributed by atoms with Crippen molar-refractivity contribution < 1.29 is 8.69 Å². The maximum atomic E-state index is 11.2. The maximum Gasteiger partial charge on any atom is 0.0901 e. The van der Waals surface area contributed by atoms with E-state index in [4.69, 9.17) is 0 Å². The third-order valence-electron chi connectivity index (χ3n) is 2.83. The number of hydrogen-bond acceptors (Lipinski definition) is 1. The Morgan fingerprint density at radius 1 is 1.31 bits per heavy atom. The molecule has 1 aliphatic rings. The van der Waals surface area contributed by atoms with Gasteiger partial charge in [0.25, 0.3) is 0 Å². The first kappa shape index (κ1) is 13.1. The Kier molecular flexibility index (Phi) is 5.81. The molecule has 0 aromatic rings. The van der Waals surface area contributed by atoms with Gasteiger partial charge in [-0.15, -0.1) is 0 Å². The van der Waals surface area contributed by atoms with Gasteiger partial charge in [0.1, 0.15) is 0 Å². The van der Waals surface area contributed by atoms with Crippen LogP contribution in [0.25, 0.3) is 0 Å². The van der Waals surface area contributed by atoms with E-state index in [0.717, 1.165) is 22.5 Å². The third kappa shape index (κ3) is 4.23. The summed E-state index contributed by atoms with van der Waals surface area (Å²) in [5.41, 5.74) is 0. The van der Waals surface area contributed by atoms with Crippen molar-refractivity contribution >= 4 is 10.8 Å². The van der Waals surface area contributed by atoms with Crippen LogP contribution in [-0.4, -0.2) is 46.9 Å². The quantitative estimate of drug-likeness (QED) is 0.501. The van der Waals surface area contributed by atoms with Gasteiger partial charge in [-0.1, -0.05) is 6.92 Å². The van der Waals surface area contributed by atoms with E-state index in [-0.39, 0.29) is 7.43 Å². The van der Waals surface area contributed by atoms with Gasteiger partial charge in [-0.2, -0.15) is 0 Å². The van der Waals surface area contributed by atoms with Crippen LogP contribution < -0.4 is 0 Å². The van der Waals surface area contributed by atoms with E-state index >= 15 is 0 Å².